The van der Waals surface area contributed by atoms with Crippen molar-refractivity contribution in [1.29, 1.82) is 0 Å². The maximum atomic E-state index is 4.76. The van der Waals surface area contributed by atoms with Crippen LogP contribution in [-0.2, 0) is 0 Å². The molecule has 4 rings (SSSR count). The van der Waals surface area contributed by atoms with Crippen molar-refractivity contribution < 1.29 is 0 Å². The molecule has 1 heterocycles. The molecule has 0 spiro atoms. The largest absolute Gasteiger partial charge is 0.372 e. The Morgan fingerprint density at radius 3 is 1.77 bits per heavy atom. The smallest absolute Gasteiger partial charge is 0.0652 e. The Hall–Kier alpha value is -3.07. The quantitative estimate of drug-likeness (QED) is 0.453. The number of anilines is 3. The van der Waals surface area contributed by atoms with E-state index < -0.39 is 0 Å². The highest BCUT2D eigenvalue weighted by Gasteiger charge is 2.11. The highest BCUT2D eigenvalue weighted by atomic mass is 15.5. The van der Waals surface area contributed by atoms with Gasteiger partial charge in [0, 0.05) is 18.8 Å². The van der Waals surface area contributed by atoms with E-state index in [1.807, 2.05) is 47.6 Å². The number of hydrogen-bond acceptors (Lipinski definition) is 3. The number of para-hydroxylation sites is 2. The zero-order valence-corrected chi connectivity index (χ0v) is 14.8. The molecule has 0 saturated carbocycles. The molecule has 0 aliphatic carbocycles. The van der Waals surface area contributed by atoms with Gasteiger partial charge in [-0.1, -0.05) is 48.5 Å². The molecule has 3 heteroatoms. The SMILES string of the molecule is C(=NN(c1ccccc1)c1ccccc1)c1ccc(N2CCCC2)cc1. The molecule has 1 aliphatic rings. The van der Waals surface area contributed by atoms with Gasteiger partial charge in [-0.15, -0.1) is 0 Å². The highest BCUT2D eigenvalue weighted by Crippen LogP contribution is 2.25. The van der Waals surface area contributed by atoms with Crippen molar-refractivity contribution in [3.8, 4) is 0 Å². The maximum Gasteiger partial charge on any atom is 0.0652 e. The minimum Gasteiger partial charge on any atom is -0.372 e. The third-order valence-corrected chi connectivity index (χ3v) is 4.69. The van der Waals surface area contributed by atoms with Crippen LogP contribution < -0.4 is 9.91 Å². The van der Waals surface area contributed by atoms with Crippen molar-refractivity contribution in [1.82, 2.24) is 0 Å². The van der Waals surface area contributed by atoms with Crippen molar-refractivity contribution in [3.63, 3.8) is 0 Å². The van der Waals surface area contributed by atoms with Crippen LogP contribution >= 0.6 is 0 Å². The van der Waals surface area contributed by atoms with E-state index in [2.05, 4.69) is 53.4 Å². The molecule has 3 nitrogen and oxygen atoms in total. The lowest BCUT2D eigenvalue weighted by molar-refractivity contribution is 0.949. The zero-order chi connectivity index (χ0) is 17.6. The first-order chi connectivity index (χ1) is 12.9. The van der Waals surface area contributed by atoms with Crippen LogP contribution in [0.2, 0.25) is 0 Å². The van der Waals surface area contributed by atoms with Crippen LogP contribution in [0.4, 0.5) is 17.1 Å². The van der Waals surface area contributed by atoms with Gasteiger partial charge in [0.15, 0.2) is 0 Å². The molecule has 130 valence electrons. The van der Waals surface area contributed by atoms with E-state index in [9.17, 15) is 0 Å². The predicted molar refractivity (Wildman–Crippen MR) is 111 cm³/mol. The summed E-state index contributed by atoms with van der Waals surface area (Å²) in [6.45, 7) is 2.34. The van der Waals surface area contributed by atoms with E-state index in [1.165, 1.54) is 31.6 Å². The number of benzene rings is 3. The fraction of sp³-hybridized carbons (Fsp3) is 0.174. The number of hydrazone groups is 1. The molecule has 3 aromatic carbocycles. The van der Waals surface area contributed by atoms with E-state index >= 15 is 0 Å². The van der Waals surface area contributed by atoms with Gasteiger partial charge in [-0.25, -0.2) is 5.01 Å². The molecule has 0 N–H and O–H groups in total. The summed E-state index contributed by atoms with van der Waals surface area (Å²) in [4.78, 5) is 2.45. The Bertz CT molecular complexity index is 796. The van der Waals surface area contributed by atoms with Gasteiger partial charge >= 0.3 is 0 Å². The van der Waals surface area contributed by atoms with Crippen molar-refractivity contribution in [2.24, 2.45) is 5.10 Å². The molecule has 26 heavy (non-hydrogen) atoms. The van der Waals surface area contributed by atoms with Crippen molar-refractivity contribution in [2.45, 2.75) is 12.8 Å². The van der Waals surface area contributed by atoms with Gasteiger partial charge in [0.2, 0.25) is 0 Å². The topological polar surface area (TPSA) is 18.8 Å². The lowest BCUT2D eigenvalue weighted by Gasteiger charge is -2.19. The summed E-state index contributed by atoms with van der Waals surface area (Å²) in [5.41, 5.74) is 4.50. The average Bonchev–Trinajstić information content (AvgIpc) is 3.25. The lowest BCUT2D eigenvalue weighted by Crippen LogP contribution is -2.17. The fourth-order valence-electron chi connectivity index (χ4n) is 3.29. The van der Waals surface area contributed by atoms with Gasteiger partial charge in [0.05, 0.1) is 17.6 Å². The first-order valence-corrected chi connectivity index (χ1v) is 9.19. The van der Waals surface area contributed by atoms with E-state index in [1.54, 1.807) is 0 Å². The monoisotopic (exact) mass is 341 g/mol. The van der Waals surface area contributed by atoms with Gasteiger partial charge in [0.1, 0.15) is 0 Å². The summed E-state index contributed by atoms with van der Waals surface area (Å²) >= 11 is 0. The molecule has 0 unspecified atom stereocenters. The number of hydrogen-bond donors (Lipinski definition) is 0. The van der Waals surface area contributed by atoms with Crippen molar-refractivity contribution in [2.75, 3.05) is 23.0 Å². The molecule has 0 radical (unpaired) electrons. The van der Waals surface area contributed by atoms with Crippen LogP contribution in [0, 0.1) is 0 Å². The average molecular weight is 341 g/mol. The van der Waals surface area contributed by atoms with Gasteiger partial charge in [-0.2, -0.15) is 5.10 Å². The maximum absolute atomic E-state index is 4.76. The normalized spacial score (nSPS) is 14.1. The van der Waals surface area contributed by atoms with Gasteiger partial charge in [-0.05, 0) is 54.8 Å². The zero-order valence-electron chi connectivity index (χ0n) is 14.8. The molecule has 1 saturated heterocycles. The van der Waals surface area contributed by atoms with E-state index in [0.717, 1.165) is 16.9 Å². The standard InChI is InChI=1S/C23H23N3/c1-3-9-22(10-4-1)26(23-11-5-2-6-12-23)24-19-20-13-15-21(16-14-20)25-17-7-8-18-25/h1-6,9-16,19H,7-8,17-18H2. The fourth-order valence-corrected chi connectivity index (χ4v) is 3.29. The first kappa shape index (κ1) is 16.4. The molecule has 1 aliphatic heterocycles. The number of rotatable bonds is 5. The van der Waals surface area contributed by atoms with Crippen LogP contribution in [0.15, 0.2) is 90.0 Å². The summed E-state index contributed by atoms with van der Waals surface area (Å²) in [5, 5.41) is 6.72. The molecule has 3 aromatic rings. The first-order valence-electron chi connectivity index (χ1n) is 9.19. The molecule has 1 fully saturated rings. The van der Waals surface area contributed by atoms with Crippen LogP contribution in [0.1, 0.15) is 18.4 Å². The van der Waals surface area contributed by atoms with Crippen LogP contribution in [0.25, 0.3) is 0 Å². The molecule has 0 atom stereocenters. The molecular weight excluding hydrogens is 318 g/mol. The van der Waals surface area contributed by atoms with Gasteiger partial charge < -0.3 is 4.90 Å². The Morgan fingerprint density at radius 1 is 0.692 bits per heavy atom. The Balaban J connectivity index is 1.57. The summed E-state index contributed by atoms with van der Waals surface area (Å²) < 4.78 is 0. The molecule has 0 amide bonds. The molecular formula is C23H23N3. The molecule has 0 bridgehead atoms. The van der Waals surface area contributed by atoms with Crippen LogP contribution in [-0.4, -0.2) is 19.3 Å². The van der Waals surface area contributed by atoms with Crippen molar-refractivity contribution in [3.05, 3.63) is 90.5 Å². The molecule has 0 aromatic heterocycles. The second kappa shape index (κ2) is 7.87. The van der Waals surface area contributed by atoms with E-state index in [-0.39, 0.29) is 0 Å². The summed E-state index contributed by atoms with van der Waals surface area (Å²) in [5.74, 6) is 0. The minimum absolute atomic E-state index is 1.05. The van der Waals surface area contributed by atoms with Crippen molar-refractivity contribution >= 4 is 23.3 Å². The minimum atomic E-state index is 1.05. The number of nitrogens with zero attached hydrogens (tertiary/aromatic N) is 3. The van der Waals surface area contributed by atoms with Gasteiger partial charge in [0.25, 0.3) is 0 Å². The predicted octanol–water partition coefficient (Wildman–Crippen LogP) is 5.46. The van der Waals surface area contributed by atoms with Crippen LogP contribution in [0.5, 0.6) is 0 Å². The summed E-state index contributed by atoms with van der Waals surface area (Å²) in [6, 6.07) is 29.1. The second-order valence-corrected chi connectivity index (χ2v) is 6.51. The highest BCUT2D eigenvalue weighted by molar-refractivity contribution is 5.82. The Labute approximate surface area is 155 Å². The second-order valence-electron chi connectivity index (χ2n) is 6.51. The Morgan fingerprint density at radius 2 is 1.23 bits per heavy atom. The third kappa shape index (κ3) is 3.77. The van der Waals surface area contributed by atoms with Crippen LogP contribution in [0.3, 0.4) is 0 Å². The van der Waals surface area contributed by atoms with E-state index in [4.69, 9.17) is 5.10 Å². The summed E-state index contributed by atoms with van der Waals surface area (Å²) in [6.07, 6.45) is 4.52. The Kier molecular flexibility index (Phi) is 4.97. The van der Waals surface area contributed by atoms with Gasteiger partial charge in [-0.3, -0.25) is 0 Å². The lowest BCUT2D eigenvalue weighted by atomic mass is 10.2. The summed E-state index contributed by atoms with van der Waals surface area (Å²) in [7, 11) is 0. The third-order valence-electron chi connectivity index (χ3n) is 4.69. The van der Waals surface area contributed by atoms with E-state index in [0.29, 0.717) is 0 Å².